The van der Waals surface area contributed by atoms with Crippen LogP contribution in [-0.4, -0.2) is 47.6 Å². The lowest BCUT2D eigenvalue weighted by Crippen LogP contribution is -2.25. The fourth-order valence-corrected chi connectivity index (χ4v) is 5.64. The maximum absolute atomic E-state index is 12.0. The van der Waals surface area contributed by atoms with Crippen LogP contribution in [0.15, 0.2) is 48.6 Å². The van der Waals surface area contributed by atoms with E-state index in [0.717, 1.165) is 44.4 Å². The van der Waals surface area contributed by atoms with E-state index in [0.29, 0.717) is 19.3 Å². The minimum Gasteiger partial charge on any atom is -0.463 e. The van der Waals surface area contributed by atoms with Gasteiger partial charge in [-0.05, 0) is 50.9 Å². The van der Waals surface area contributed by atoms with Crippen LogP contribution < -0.4 is 0 Å². The summed E-state index contributed by atoms with van der Waals surface area (Å²) in [5.74, 6) is 0.185. The fourth-order valence-electron chi connectivity index (χ4n) is 5.64. The summed E-state index contributed by atoms with van der Waals surface area (Å²) >= 11 is 0. The Bertz CT molecular complexity index is 874. The molecule has 0 aromatic carbocycles. The Morgan fingerprint density at radius 1 is 0.560 bits per heavy atom. The summed E-state index contributed by atoms with van der Waals surface area (Å²) < 4.78 is 10.3. The van der Waals surface area contributed by atoms with Crippen LogP contribution in [0.3, 0.4) is 0 Å². The maximum atomic E-state index is 12.0. The zero-order valence-corrected chi connectivity index (χ0v) is 32.7. The van der Waals surface area contributed by atoms with Crippen molar-refractivity contribution in [2.75, 3.05) is 13.2 Å². The molecule has 0 rings (SSSR count). The molecule has 0 aliphatic rings. The Balaban J connectivity index is 3.57. The van der Waals surface area contributed by atoms with Gasteiger partial charge in [-0.2, -0.15) is 0 Å². The lowest BCUT2D eigenvalue weighted by atomic mass is 10.0. The van der Waals surface area contributed by atoms with Crippen molar-refractivity contribution >= 4 is 11.9 Å². The van der Waals surface area contributed by atoms with E-state index >= 15 is 0 Å². The average molecular weight is 703 g/mol. The Morgan fingerprint density at radius 3 is 1.62 bits per heavy atom. The number of carbonyl (C=O) groups excluding carboxylic acids is 2. The largest absolute Gasteiger partial charge is 0.463 e. The minimum absolute atomic E-state index is 0.148. The predicted octanol–water partition coefficient (Wildman–Crippen LogP) is 11.8. The number of ether oxygens (including phenoxy) is 2. The van der Waals surface area contributed by atoms with E-state index in [9.17, 15) is 19.8 Å². The molecular formula is C44H78O6. The summed E-state index contributed by atoms with van der Waals surface area (Å²) in [5, 5.41) is 20.0. The number of allylic oxidation sites excluding steroid dienone is 6. The fraction of sp³-hybridized carbons (Fsp3) is 0.773. The van der Waals surface area contributed by atoms with Crippen molar-refractivity contribution in [3.8, 4) is 0 Å². The van der Waals surface area contributed by atoms with Crippen LogP contribution >= 0.6 is 0 Å². The number of hydrogen-bond acceptors (Lipinski definition) is 6. The van der Waals surface area contributed by atoms with Crippen LogP contribution in [0.4, 0.5) is 0 Å². The van der Waals surface area contributed by atoms with Gasteiger partial charge in [0.1, 0.15) is 19.3 Å². The third-order valence-corrected chi connectivity index (χ3v) is 8.83. The van der Waals surface area contributed by atoms with E-state index in [-0.39, 0.29) is 31.6 Å². The van der Waals surface area contributed by atoms with E-state index < -0.39 is 12.2 Å². The van der Waals surface area contributed by atoms with E-state index in [1.165, 1.54) is 103 Å². The number of aliphatic hydroxyl groups is 2. The standard InChI is InChI=1S/C44H78O6/c1-4-5-6-7-24-29-34-41(45)35-30-25-20-17-18-22-27-32-37-44(48)50-39-42(46)38-49-43(47)36-31-26-21-16-14-12-10-8-9-11-13-15-19-23-28-33-40(2)3/h18,20,22,24-25,29-30,35,40-42,45-46H,4-17,19,21,23,26-28,31-34,36-39H2,1-3H3/b22-18-,25-20-,29-24-,35-30+/t41-,42+/m1/s1. The van der Waals surface area contributed by atoms with E-state index in [1.54, 1.807) is 6.08 Å². The molecule has 290 valence electrons. The molecule has 0 radical (unpaired) electrons. The zero-order valence-electron chi connectivity index (χ0n) is 32.7. The number of unbranched alkanes of at least 4 members (excludes halogenated alkanes) is 18. The third kappa shape index (κ3) is 38.6. The highest BCUT2D eigenvalue weighted by Crippen LogP contribution is 2.15. The normalized spacial score (nSPS) is 13.4. The molecule has 0 aromatic heterocycles. The SMILES string of the molecule is CCCCC/C=C\C[C@@H](O)/C=C/C=C\C/C=C\CCCC(=O)OC[C@@H](O)COC(=O)CCCCCCCCCCCCCCCCCC(C)C. The van der Waals surface area contributed by atoms with Crippen molar-refractivity contribution in [2.24, 2.45) is 5.92 Å². The Labute approximate surface area is 308 Å². The van der Waals surface area contributed by atoms with Crippen molar-refractivity contribution < 1.29 is 29.3 Å². The van der Waals surface area contributed by atoms with Gasteiger partial charge in [0.15, 0.2) is 0 Å². The van der Waals surface area contributed by atoms with Crippen molar-refractivity contribution in [3.05, 3.63) is 48.6 Å². The molecule has 6 nitrogen and oxygen atoms in total. The highest BCUT2D eigenvalue weighted by Gasteiger charge is 2.12. The van der Waals surface area contributed by atoms with Gasteiger partial charge in [-0.25, -0.2) is 0 Å². The van der Waals surface area contributed by atoms with E-state index in [2.05, 4.69) is 32.9 Å². The van der Waals surface area contributed by atoms with Crippen LogP contribution in [0.1, 0.15) is 188 Å². The molecule has 2 atom stereocenters. The van der Waals surface area contributed by atoms with Gasteiger partial charge in [0, 0.05) is 12.8 Å². The molecule has 50 heavy (non-hydrogen) atoms. The highest BCUT2D eigenvalue weighted by molar-refractivity contribution is 5.69. The number of carbonyl (C=O) groups is 2. The van der Waals surface area contributed by atoms with Gasteiger partial charge < -0.3 is 19.7 Å². The molecule has 0 heterocycles. The molecule has 0 aromatic rings. The Kier molecular flexibility index (Phi) is 36.4. The topological polar surface area (TPSA) is 93.1 Å². The predicted molar refractivity (Wildman–Crippen MR) is 211 cm³/mol. The first-order chi connectivity index (χ1) is 24.3. The van der Waals surface area contributed by atoms with Gasteiger partial charge >= 0.3 is 11.9 Å². The van der Waals surface area contributed by atoms with Gasteiger partial charge in [-0.1, -0.05) is 179 Å². The number of esters is 2. The van der Waals surface area contributed by atoms with Crippen LogP contribution in [0.5, 0.6) is 0 Å². The third-order valence-electron chi connectivity index (χ3n) is 8.83. The lowest BCUT2D eigenvalue weighted by Gasteiger charge is -2.12. The van der Waals surface area contributed by atoms with Gasteiger partial charge in [0.05, 0.1) is 6.10 Å². The molecular weight excluding hydrogens is 624 g/mol. The molecule has 0 aliphatic carbocycles. The first-order valence-electron chi connectivity index (χ1n) is 20.7. The van der Waals surface area contributed by atoms with Crippen LogP contribution in [0.2, 0.25) is 0 Å². The van der Waals surface area contributed by atoms with Gasteiger partial charge in [-0.3, -0.25) is 9.59 Å². The van der Waals surface area contributed by atoms with E-state index in [1.807, 2.05) is 30.4 Å². The molecule has 0 saturated heterocycles. The van der Waals surface area contributed by atoms with Crippen LogP contribution in [0, 0.1) is 5.92 Å². The Morgan fingerprint density at radius 2 is 1.06 bits per heavy atom. The number of rotatable bonds is 36. The summed E-state index contributed by atoms with van der Waals surface area (Å²) in [7, 11) is 0. The monoisotopic (exact) mass is 703 g/mol. The summed E-state index contributed by atoms with van der Waals surface area (Å²) in [6.45, 7) is 6.51. The summed E-state index contributed by atoms with van der Waals surface area (Å²) in [6, 6.07) is 0. The quantitative estimate of drug-likeness (QED) is 0.0292. The highest BCUT2D eigenvalue weighted by atomic mass is 16.6. The zero-order chi connectivity index (χ0) is 36.8. The van der Waals surface area contributed by atoms with Gasteiger partial charge in [0.25, 0.3) is 0 Å². The second-order valence-corrected chi connectivity index (χ2v) is 14.4. The molecule has 2 N–H and O–H groups in total. The Hall–Kier alpha value is -2.18. The molecule has 0 spiro atoms. The molecule has 0 aliphatic heterocycles. The van der Waals surface area contributed by atoms with Gasteiger partial charge in [0.2, 0.25) is 0 Å². The smallest absolute Gasteiger partial charge is 0.305 e. The van der Waals surface area contributed by atoms with Gasteiger partial charge in [-0.15, -0.1) is 0 Å². The molecule has 6 heteroatoms. The van der Waals surface area contributed by atoms with Crippen molar-refractivity contribution in [2.45, 2.75) is 200 Å². The summed E-state index contributed by atoms with van der Waals surface area (Å²) in [5.41, 5.74) is 0. The molecule has 0 bridgehead atoms. The van der Waals surface area contributed by atoms with Crippen molar-refractivity contribution in [1.82, 2.24) is 0 Å². The number of aliphatic hydroxyl groups excluding tert-OH is 2. The molecule has 0 unspecified atom stereocenters. The molecule has 0 amide bonds. The van der Waals surface area contributed by atoms with Crippen molar-refractivity contribution in [3.63, 3.8) is 0 Å². The summed E-state index contributed by atoms with van der Waals surface area (Å²) in [4.78, 5) is 23.9. The number of hydrogen-bond donors (Lipinski definition) is 2. The van der Waals surface area contributed by atoms with Crippen LogP contribution in [0.25, 0.3) is 0 Å². The maximum Gasteiger partial charge on any atom is 0.305 e. The average Bonchev–Trinajstić information content (AvgIpc) is 3.09. The first kappa shape index (κ1) is 47.8. The minimum atomic E-state index is -1.00. The van der Waals surface area contributed by atoms with Crippen LogP contribution in [-0.2, 0) is 19.1 Å². The first-order valence-corrected chi connectivity index (χ1v) is 20.7. The summed E-state index contributed by atoms with van der Waals surface area (Å²) in [6.07, 6.45) is 43.4. The molecule has 0 fully saturated rings. The van der Waals surface area contributed by atoms with E-state index in [4.69, 9.17) is 9.47 Å². The van der Waals surface area contributed by atoms with Crippen molar-refractivity contribution in [1.29, 1.82) is 0 Å². The second kappa shape index (κ2) is 38.1. The second-order valence-electron chi connectivity index (χ2n) is 14.4. The molecule has 0 saturated carbocycles. The lowest BCUT2D eigenvalue weighted by molar-refractivity contribution is -0.152.